The highest BCUT2D eigenvalue weighted by atomic mass is 16.7. The summed E-state index contributed by atoms with van der Waals surface area (Å²) in [7, 11) is 0. The number of ether oxygens (including phenoxy) is 3. The first kappa shape index (κ1) is 12.1. The van der Waals surface area contributed by atoms with Gasteiger partial charge in [-0.1, -0.05) is 0 Å². The minimum atomic E-state index is -0.728. The van der Waals surface area contributed by atoms with Gasteiger partial charge >= 0.3 is 5.97 Å². The molecule has 1 aromatic rings. The van der Waals surface area contributed by atoms with E-state index >= 15 is 0 Å². The topological polar surface area (TPSA) is 65.0 Å². The Morgan fingerprint density at radius 3 is 3.00 bits per heavy atom. The van der Waals surface area contributed by atoms with Crippen molar-refractivity contribution in [2.45, 2.75) is 31.8 Å². The van der Waals surface area contributed by atoms with Gasteiger partial charge in [0.05, 0.1) is 6.10 Å². The summed E-state index contributed by atoms with van der Waals surface area (Å²) in [6.45, 7) is 0.253. The van der Waals surface area contributed by atoms with Gasteiger partial charge in [-0.05, 0) is 37.3 Å². The van der Waals surface area contributed by atoms with Crippen LogP contribution in [-0.4, -0.2) is 24.0 Å². The van der Waals surface area contributed by atoms with Crippen LogP contribution in [0.3, 0.4) is 0 Å². The van der Waals surface area contributed by atoms with Crippen LogP contribution in [0.25, 0.3) is 0 Å². The predicted octanol–water partition coefficient (Wildman–Crippen LogP) is 2.44. The Bertz CT molecular complexity index is 485. The lowest BCUT2D eigenvalue weighted by atomic mass is 10.0. The molecule has 2 unspecified atom stereocenters. The number of carboxylic acid groups (broad SMARTS) is 1. The van der Waals surface area contributed by atoms with Crippen LogP contribution in [0.2, 0.25) is 0 Å². The summed E-state index contributed by atoms with van der Waals surface area (Å²) in [4.78, 5) is 10.7. The quantitative estimate of drug-likeness (QED) is 0.904. The number of carbonyl (C=O) groups is 1. The summed E-state index contributed by atoms with van der Waals surface area (Å²) < 4.78 is 16.4. The van der Waals surface area contributed by atoms with Crippen molar-refractivity contribution in [3.8, 4) is 17.2 Å². The highest BCUT2D eigenvalue weighted by Crippen LogP contribution is 2.37. The lowest BCUT2D eigenvalue weighted by Crippen LogP contribution is -2.13. The molecular weight excluding hydrogens is 248 g/mol. The molecule has 2 atom stereocenters. The highest BCUT2D eigenvalue weighted by molar-refractivity contribution is 5.67. The molecule has 0 bridgehead atoms. The van der Waals surface area contributed by atoms with Gasteiger partial charge in [0.15, 0.2) is 11.5 Å². The standard InChI is InChI=1S/C14H16O5/c15-14(16)6-9-1-2-10(5-9)19-11-3-4-12-13(7-11)18-8-17-12/h3-4,7,9-10H,1-2,5-6,8H2,(H,15,16). The van der Waals surface area contributed by atoms with E-state index in [9.17, 15) is 4.79 Å². The number of benzene rings is 1. The molecule has 2 aliphatic rings. The molecule has 0 aromatic heterocycles. The summed E-state index contributed by atoms with van der Waals surface area (Å²) in [5.74, 6) is 1.70. The van der Waals surface area contributed by atoms with Gasteiger partial charge in [0.1, 0.15) is 5.75 Å². The Labute approximate surface area is 111 Å². The normalized spacial score (nSPS) is 24.4. The molecule has 5 heteroatoms. The van der Waals surface area contributed by atoms with Crippen molar-refractivity contribution >= 4 is 5.97 Å². The Hall–Kier alpha value is -1.91. The van der Waals surface area contributed by atoms with Crippen molar-refractivity contribution in [2.75, 3.05) is 6.79 Å². The molecule has 1 aliphatic carbocycles. The molecule has 1 saturated carbocycles. The summed E-state index contributed by atoms with van der Waals surface area (Å²) >= 11 is 0. The SMILES string of the molecule is O=C(O)CC1CCC(Oc2ccc3c(c2)OCO3)C1. The van der Waals surface area contributed by atoms with Crippen molar-refractivity contribution in [1.82, 2.24) is 0 Å². The van der Waals surface area contributed by atoms with Crippen LogP contribution in [0.15, 0.2) is 18.2 Å². The van der Waals surface area contributed by atoms with Crippen molar-refractivity contribution in [3.63, 3.8) is 0 Å². The van der Waals surface area contributed by atoms with Crippen LogP contribution < -0.4 is 14.2 Å². The molecule has 19 heavy (non-hydrogen) atoms. The first-order chi connectivity index (χ1) is 9.20. The first-order valence-electron chi connectivity index (χ1n) is 6.49. The van der Waals surface area contributed by atoms with E-state index in [0.29, 0.717) is 5.75 Å². The van der Waals surface area contributed by atoms with Crippen LogP contribution in [-0.2, 0) is 4.79 Å². The van der Waals surface area contributed by atoms with E-state index in [1.807, 2.05) is 18.2 Å². The third-order valence-corrected chi connectivity index (χ3v) is 3.60. The summed E-state index contributed by atoms with van der Waals surface area (Å²) in [6.07, 6.45) is 2.97. The summed E-state index contributed by atoms with van der Waals surface area (Å²) in [6, 6.07) is 5.52. The smallest absolute Gasteiger partial charge is 0.303 e. The number of carboxylic acids is 1. The van der Waals surface area contributed by atoms with E-state index in [-0.39, 0.29) is 25.2 Å². The van der Waals surface area contributed by atoms with E-state index in [1.54, 1.807) is 0 Å². The zero-order chi connectivity index (χ0) is 13.2. The fourth-order valence-corrected chi connectivity index (χ4v) is 2.71. The highest BCUT2D eigenvalue weighted by Gasteiger charge is 2.28. The Kier molecular flexibility index (Phi) is 3.19. The second-order valence-corrected chi connectivity index (χ2v) is 5.03. The lowest BCUT2D eigenvalue weighted by molar-refractivity contribution is -0.138. The third-order valence-electron chi connectivity index (χ3n) is 3.60. The van der Waals surface area contributed by atoms with Gasteiger partial charge < -0.3 is 19.3 Å². The van der Waals surface area contributed by atoms with Crippen LogP contribution in [0, 0.1) is 5.92 Å². The molecule has 3 rings (SSSR count). The van der Waals surface area contributed by atoms with Gasteiger partial charge in [0.25, 0.3) is 0 Å². The zero-order valence-corrected chi connectivity index (χ0v) is 10.5. The summed E-state index contributed by atoms with van der Waals surface area (Å²) in [5.41, 5.74) is 0. The monoisotopic (exact) mass is 264 g/mol. The zero-order valence-electron chi connectivity index (χ0n) is 10.5. The Balaban J connectivity index is 1.59. The van der Waals surface area contributed by atoms with Crippen molar-refractivity contribution < 1.29 is 24.1 Å². The predicted molar refractivity (Wildman–Crippen MR) is 66.6 cm³/mol. The Morgan fingerprint density at radius 2 is 2.16 bits per heavy atom. The molecule has 1 heterocycles. The molecular formula is C14H16O5. The minimum Gasteiger partial charge on any atom is -0.490 e. The number of hydrogen-bond donors (Lipinski definition) is 1. The first-order valence-corrected chi connectivity index (χ1v) is 6.49. The van der Waals surface area contributed by atoms with Crippen molar-refractivity contribution in [1.29, 1.82) is 0 Å². The van der Waals surface area contributed by atoms with E-state index in [2.05, 4.69) is 0 Å². The molecule has 0 amide bonds. The fraction of sp³-hybridized carbons (Fsp3) is 0.500. The summed E-state index contributed by atoms with van der Waals surface area (Å²) in [5, 5.41) is 8.78. The molecule has 1 N–H and O–H groups in total. The van der Waals surface area contributed by atoms with E-state index in [1.165, 1.54) is 0 Å². The van der Waals surface area contributed by atoms with Gasteiger partial charge in [0.2, 0.25) is 6.79 Å². The van der Waals surface area contributed by atoms with Gasteiger partial charge in [-0.3, -0.25) is 4.79 Å². The fourth-order valence-electron chi connectivity index (χ4n) is 2.71. The van der Waals surface area contributed by atoms with Gasteiger partial charge in [-0.15, -0.1) is 0 Å². The lowest BCUT2D eigenvalue weighted by Gasteiger charge is -2.14. The van der Waals surface area contributed by atoms with Crippen molar-refractivity contribution in [3.05, 3.63) is 18.2 Å². The maximum absolute atomic E-state index is 10.7. The largest absolute Gasteiger partial charge is 0.490 e. The van der Waals surface area contributed by atoms with E-state index < -0.39 is 5.97 Å². The van der Waals surface area contributed by atoms with Crippen LogP contribution in [0.5, 0.6) is 17.2 Å². The van der Waals surface area contributed by atoms with Crippen LogP contribution in [0.4, 0.5) is 0 Å². The average Bonchev–Trinajstić information content (AvgIpc) is 2.97. The number of aliphatic carboxylic acids is 1. The molecule has 1 aliphatic heterocycles. The molecule has 1 fully saturated rings. The molecule has 0 radical (unpaired) electrons. The van der Waals surface area contributed by atoms with Gasteiger partial charge in [-0.25, -0.2) is 0 Å². The number of rotatable bonds is 4. The minimum absolute atomic E-state index is 0.102. The molecule has 102 valence electrons. The molecule has 0 saturated heterocycles. The van der Waals surface area contributed by atoms with Crippen molar-refractivity contribution in [2.24, 2.45) is 5.92 Å². The van der Waals surface area contributed by atoms with Gasteiger partial charge in [0, 0.05) is 12.5 Å². The van der Waals surface area contributed by atoms with E-state index in [0.717, 1.165) is 30.8 Å². The molecule has 1 aromatic carbocycles. The number of hydrogen-bond acceptors (Lipinski definition) is 4. The Morgan fingerprint density at radius 1 is 1.32 bits per heavy atom. The second-order valence-electron chi connectivity index (χ2n) is 5.03. The van der Waals surface area contributed by atoms with Gasteiger partial charge in [-0.2, -0.15) is 0 Å². The second kappa shape index (κ2) is 4.99. The average molecular weight is 264 g/mol. The van der Waals surface area contributed by atoms with E-state index in [4.69, 9.17) is 19.3 Å². The third kappa shape index (κ3) is 2.75. The van der Waals surface area contributed by atoms with Crippen LogP contribution >= 0.6 is 0 Å². The maximum atomic E-state index is 10.7. The van der Waals surface area contributed by atoms with Crippen LogP contribution in [0.1, 0.15) is 25.7 Å². The molecule has 0 spiro atoms. The molecule has 5 nitrogen and oxygen atoms in total. The maximum Gasteiger partial charge on any atom is 0.303 e. The number of fused-ring (bicyclic) bond motifs is 1.